The Bertz CT molecular complexity index is 769. The SMILES string of the molecule is CCCCCCCCCCCCCC[C@H](O)[C@@H](O)CC[C@H](O)[C@@H]1CC[C@@H](CCCCC[C@@H](O)CC2=C[C@@](C)(O)OC2=O)O1. The van der Waals surface area contributed by atoms with Gasteiger partial charge in [0.1, 0.15) is 0 Å². The van der Waals surface area contributed by atoms with Gasteiger partial charge in [0.05, 0.1) is 36.6 Å². The summed E-state index contributed by atoms with van der Waals surface area (Å²) in [5, 5.41) is 51.4. The number of rotatable bonds is 26. The molecule has 0 bridgehead atoms. The predicted octanol–water partition coefficient (Wildman–Crippen LogP) is 6.38. The zero-order valence-corrected chi connectivity index (χ0v) is 27.3. The van der Waals surface area contributed by atoms with Gasteiger partial charge < -0.3 is 35.0 Å². The number of hydrogen-bond donors (Lipinski definition) is 5. The van der Waals surface area contributed by atoms with Crippen molar-refractivity contribution in [2.45, 2.75) is 204 Å². The molecule has 0 saturated carbocycles. The lowest BCUT2D eigenvalue weighted by Gasteiger charge is -2.22. The van der Waals surface area contributed by atoms with Crippen molar-refractivity contribution in [1.29, 1.82) is 0 Å². The number of esters is 1. The largest absolute Gasteiger partial charge is 0.426 e. The number of unbranched alkanes of at least 4 members (excludes halogenated alkanes) is 13. The number of hydrogen-bond acceptors (Lipinski definition) is 8. The van der Waals surface area contributed by atoms with Crippen LogP contribution in [0.1, 0.15) is 162 Å². The van der Waals surface area contributed by atoms with Crippen LogP contribution in [0, 0.1) is 0 Å². The number of cyclic esters (lactones) is 1. The first-order chi connectivity index (χ1) is 20.6. The Kier molecular flexibility index (Phi) is 19.2. The summed E-state index contributed by atoms with van der Waals surface area (Å²) in [6.45, 7) is 3.65. The summed E-state index contributed by atoms with van der Waals surface area (Å²) in [7, 11) is 0. The van der Waals surface area contributed by atoms with Gasteiger partial charge in [-0.2, -0.15) is 0 Å². The van der Waals surface area contributed by atoms with Crippen LogP contribution >= 0.6 is 0 Å². The highest BCUT2D eigenvalue weighted by molar-refractivity contribution is 5.91. The first-order valence-corrected chi connectivity index (χ1v) is 17.7. The van der Waals surface area contributed by atoms with Gasteiger partial charge in [0, 0.05) is 18.9 Å². The Labute approximate surface area is 261 Å². The van der Waals surface area contributed by atoms with Gasteiger partial charge in [-0.25, -0.2) is 4.79 Å². The highest BCUT2D eigenvalue weighted by Crippen LogP contribution is 2.29. The minimum absolute atomic E-state index is 0.117. The van der Waals surface area contributed by atoms with Gasteiger partial charge >= 0.3 is 5.97 Å². The van der Waals surface area contributed by atoms with Crippen LogP contribution in [0.3, 0.4) is 0 Å². The third kappa shape index (κ3) is 16.7. The van der Waals surface area contributed by atoms with Crippen LogP contribution in [0.4, 0.5) is 0 Å². The summed E-state index contributed by atoms with van der Waals surface area (Å²) in [5.74, 6) is -2.15. The Morgan fingerprint density at radius 3 is 1.93 bits per heavy atom. The summed E-state index contributed by atoms with van der Waals surface area (Å²) in [4.78, 5) is 11.7. The van der Waals surface area contributed by atoms with Crippen LogP contribution in [0.25, 0.3) is 0 Å². The van der Waals surface area contributed by atoms with E-state index in [0.29, 0.717) is 31.3 Å². The van der Waals surface area contributed by atoms with E-state index in [2.05, 4.69) is 6.92 Å². The molecule has 7 atom stereocenters. The average molecular weight is 613 g/mol. The van der Waals surface area contributed by atoms with E-state index in [1.165, 1.54) is 77.2 Å². The van der Waals surface area contributed by atoms with E-state index >= 15 is 0 Å². The molecule has 0 amide bonds. The first-order valence-electron chi connectivity index (χ1n) is 17.7. The number of aliphatic hydroxyl groups excluding tert-OH is 4. The van der Waals surface area contributed by atoms with Crippen molar-refractivity contribution < 1.29 is 39.8 Å². The van der Waals surface area contributed by atoms with E-state index in [4.69, 9.17) is 9.47 Å². The van der Waals surface area contributed by atoms with Gasteiger partial charge in [0.25, 0.3) is 0 Å². The fraction of sp³-hybridized carbons (Fsp3) is 0.914. The zero-order chi connectivity index (χ0) is 31.5. The lowest BCUT2D eigenvalue weighted by molar-refractivity contribution is -0.173. The lowest BCUT2D eigenvalue weighted by atomic mass is 9.97. The minimum Gasteiger partial charge on any atom is -0.426 e. The van der Waals surface area contributed by atoms with Crippen LogP contribution in [0.2, 0.25) is 0 Å². The fourth-order valence-electron chi connectivity index (χ4n) is 6.43. The van der Waals surface area contributed by atoms with E-state index in [1.807, 2.05) is 0 Å². The molecule has 0 aromatic rings. The maximum absolute atomic E-state index is 11.7. The van der Waals surface area contributed by atoms with Crippen molar-refractivity contribution >= 4 is 5.97 Å². The number of ether oxygens (including phenoxy) is 2. The monoisotopic (exact) mass is 612 g/mol. The molecule has 43 heavy (non-hydrogen) atoms. The summed E-state index contributed by atoms with van der Waals surface area (Å²) in [6, 6.07) is 0. The number of aliphatic hydroxyl groups is 5. The molecular weight excluding hydrogens is 548 g/mol. The molecule has 2 heterocycles. The van der Waals surface area contributed by atoms with Crippen molar-refractivity contribution in [2.24, 2.45) is 0 Å². The second-order valence-corrected chi connectivity index (χ2v) is 13.4. The summed E-state index contributed by atoms with van der Waals surface area (Å²) >= 11 is 0. The molecule has 0 aromatic heterocycles. The van der Waals surface area contributed by atoms with E-state index in [-0.39, 0.29) is 18.6 Å². The van der Waals surface area contributed by atoms with Crippen LogP contribution in [0.15, 0.2) is 11.6 Å². The number of carbonyl (C=O) groups is 1. The first kappa shape index (κ1) is 38.2. The van der Waals surface area contributed by atoms with Crippen LogP contribution in [0.5, 0.6) is 0 Å². The maximum atomic E-state index is 11.7. The van der Waals surface area contributed by atoms with Crippen LogP contribution < -0.4 is 0 Å². The number of carbonyl (C=O) groups excluding carboxylic acids is 1. The molecule has 1 fully saturated rings. The minimum atomic E-state index is -1.58. The van der Waals surface area contributed by atoms with Gasteiger partial charge in [-0.1, -0.05) is 103 Å². The van der Waals surface area contributed by atoms with Gasteiger partial charge in [0.2, 0.25) is 5.79 Å². The van der Waals surface area contributed by atoms with Crippen LogP contribution in [-0.4, -0.2) is 73.9 Å². The fourth-order valence-corrected chi connectivity index (χ4v) is 6.43. The topological polar surface area (TPSA) is 137 Å². The molecule has 0 aliphatic carbocycles. The molecule has 252 valence electrons. The Morgan fingerprint density at radius 1 is 0.767 bits per heavy atom. The molecule has 8 nitrogen and oxygen atoms in total. The third-order valence-electron chi connectivity index (χ3n) is 9.15. The normalized spacial score (nSPS) is 25.0. The molecular formula is C35H64O8. The smallest absolute Gasteiger partial charge is 0.336 e. The van der Waals surface area contributed by atoms with Crippen molar-refractivity contribution in [3.05, 3.63) is 11.6 Å². The van der Waals surface area contributed by atoms with Gasteiger partial charge in [-0.05, 0) is 51.0 Å². The molecule has 0 radical (unpaired) electrons. The predicted molar refractivity (Wildman–Crippen MR) is 169 cm³/mol. The van der Waals surface area contributed by atoms with E-state index in [0.717, 1.165) is 51.4 Å². The second kappa shape index (κ2) is 21.7. The molecule has 2 aliphatic rings. The van der Waals surface area contributed by atoms with E-state index in [1.54, 1.807) is 0 Å². The Balaban J connectivity index is 1.44. The Hall–Kier alpha value is -1.03. The van der Waals surface area contributed by atoms with Gasteiger partial charge in [0.15, 0.2) is 0 Å². The highest BCUT2D eigenvalue weighted by Gasteiger charge is 2.34. The highest BCUT2D eigenvalue weighted by atomic mass is 16.7. The molecule has 2 aliphatic heterocycles. The molecule has 5 N–H and O–H groups in total. The van der Waals surface area contributed by atoms with Gasteiger partial charge in [-0.15, -0.1) is 0 Å². The molecule has 0 spiro atoms. The van der Waals surface area contributed by atoms with Crippen LogP contribution in [-0.2, 0) is 14.3 Å². The Morgan fingerprint density at radius 2 is 1.33 bits per heavy atom. The maximum Gasteiger partial charge on any atom is 0.336 e. The summed E-state index contributed by atoms with van der Waals surface area (Å²) in [5.41, 5.74) is 0.322. The standard InChI is InChI=1S/C35H64O8/c1-3-4-5-6-7-8-9-10-11-12-13-17-20-30(37)31(38)22-23-32(39)33-24-21-29(42-33)19-16-14-15-18-28(36)25-27-26-35(2,41)43-34(27)40/h26,28-33,36-39,41H,3-25H2,1-2H3/t28-,29-,30+,31+,32+,33+,35+/m1/s1. The van der Waals surface area contributed by atoms with Crippen molar-refractivity contribution in [2.75, 3.05) is 0 Å². The van der Waals surface area contributed by atoms with Crippen molar-refractivity contribution in [3.63, 3.8) is 0 Å². The van der Waals surface area contributed by atoms with Gasteiger partial charge in [-0.3, -0.25) is 0 Å². The molecule has 1 saturated heterocycles. The van der Waals surface area contributed by atoms with E-state index in [9.17, 15) is 30.3 Å². The summed E-state index contributed by atoms with van der Waals surface area (Å²) < 4.78 is 10.9. The average Bonchev–Trinajstić information content (AvgIpc) is 3.54. The molecule has 0 aromatic carbocycles. The van der Waals surface area contributed by atoms with Crippen molar-refractivity contribution in [1.82, 2.24) is 0 Å². The quantitative estimate of drug-likeness (QED) is 0.0561. The zero-order valence-electron chi connectivity index (χ0n) is 27.3. The van der Waals surface area contributed by atoms with Crippen molar-refractivity contribution in [3.8, 4) is 0 Å². The lowest BCUT2D eigenvalue weighted by Crippen LogP contribution is -2.31. The molecule has 0 unspecified atom stereocenters. The third-order valence-corrected chi connectivity index (χ3v) is 9.15. The summed E-state index contributed by atoms with van der Waals surface area (Å²) in [6.07, 6.45) is 21.2. The van der Waals surface area contributed by atoms with E-state index < -0.39 is 36.2 Å². The second-order valence-electron chi connectivity index (χ2n) is 13.4. The molecule has 8 heteroatoms. The molecule has 2 rings (SSSR count).